The number of pyridine rings is 2. The van der Waals surface area contributed by atoms with Gasteiger partial charge < -0.3 is 9.88 Å². The SMILES string of the molecule is Cc1cccn2c(=O)c3cc(C(=O)NCc4ccccc4)c(=N)n(Cc4ccccc4)c3nc12. The summed E-state index contributed by atoms with van der Waals surface area (Å²) in [7, 11) is 0. The molecule has 34 heavy (non-hydrogen) atoms. The summed E-state index contributed by atoms with van der Waals surface area (Å²) in [5.74, 6) is -0.411. The van der Waals surface area contributed by atoms with Gasteiger partial charge in [-0.1, -0.05) is 66.7 Å². The van der Waals surface area contributed by atoms with E-state index in [0.29, 0.717) is 29.8 Å². The molecule has 0 saturated heterocycles. The number of aryl methyl sites for hydroxylation is 1. The zero-order valence-electron chi connectivity index (χ0n) is 18.7. The molecule has 7 nitrogen and oxygen atoms in total. The van der Waals surface area contributed by atoms with Gasteiger partial charge in [-0.3, -0.25) is 19.4 Å². The van der Waals surface area contributed by atoms with Gasteiger partial charge in [0, 0.05) is 12.7 Å². The van der Waals surface area contributed by atoms with Crippen LogP contribution in [0.15, 0.2) is 89.9 Å². The first-order valence-corrected chi connectivity index (χ1v) is 11.0. The van der Waals surface area contributed by atoms with E-state index in [1.54, 1.807) is 16.8 Å². The molecule has 7 heteroatoms. The third-order valence-corrected chi connectivity index (χ3v) is 5.86. The normalized spacial score (nSPS) is 11.1. The lowest BCUT2D eigenvalue weighted by atomic mass is 10.1. The number of amides is 1. The Labute approximate surface area is 195 Å². The molecule has 0 atom stereocenters. The summed E-state index contributed by atoms with van der Waals surface area (Å²) in [5, 5.41) is 12.0. The molecule has 5 rings (SSSR count). The average molecular weight is 450 g/mol. The van der Waals surface area contributed by atoms with Gasteiger partial charge in [0.1, 0.15) is 16.8 Å². The van der Waals surface area contributed by atoms with Crippen molar-refractivity contribution < 1.29 is 4.79 Å². The first-order chi connectivity index (χ1) is 16.5. The Morgan fingerprint density at radius 3 is 2.32 bits per heavy atom. The molecule has 168 valence electrons. The molecule has 0 aliphatic carbocycles. The van der Waals surface area contributed by atoms with Gasteiger partial charge in [-0.15, -0.1) is 0 Å². The molecule has 0 radical (unpaired) electrons. The van der Waals surface area contributed by atoms with Crippen molar-refractivity contribution >= 4 is 22.6 Å². The van der Waals surface area contributed by atoms with Crippen LogP contribution in [0, 0.1) is 12.3 Å². The topological polar surface area (TPSA) is 92.3 Å². The molecule has 0 saturated carbocycles. The van der Waals surface area contributed by atoms with E-state index in [1.807, 2.05) is 73.7 Å². The van der Waals surface area contributed by atoms with Crippen LogP contribution in [0.5, 0.6) is 0 Å². The minimum Gasteiger partial charge on any atom is -0.348 e. The summed E-state index contributed by atoms with van der Waals surface area (Å²) >= 11 is 0. The monoisotopic (exact) mass is 449 g/mol. The predicted molar refractivity (Wildman–Crippen MR) is 131 cm³/mol. The zero-order valence-corrected chi connectivity index (χ0v) is 18.7. The highest BCUT2D eigenvalue weighted by molar-refractivity contribution is 5.96. The Morgan fingerprint density at radius 1 is 0.941 bits per heavy atom. The van der Waals surface area contributed by atoms with Crippen molar-refractivity contribution in [1.82, 2.24) is 19.3 Å². The molecule has 5 aromatic rings. The van der Waals surface area contributed by atoms with Crippen LogP contribution in [-0.2, 0) is 13.1 Å². The lowest BCUT2D eigenvalue weighted by Gasteiger charge is -2.15. The van der Waals surface area contributed by atoms with Gasteiger partial charge in [-0.25, -0.2) is 4.98 Å². The summed E-state index contributed by atoms with van der Waals surface area (Å²) in [6.45, 7) is 2.52. The molecular weight excluding hydrogens is 426 g/mol. The number of carbonyl (C=O) groups excluding carboxylic acids is 1. The largest absolute Gasteiger partial charge is 0.348 e. The Balaban J connectivity index is 1.70. The fourth-order valence-electron chi connectivity index (χ4n) is 4.06. The highest BCUT2D eigenvalue weighted by Gasteiger charge is 2.18. The van der Waals surface area contributed by atoms with E-state index in [9.17, 15) is 9.59 Å². The van der Waals surface area contributed by atoms with Gasteiger partial charge in [-0.2, -0.15) is 0 Å². The summed E-state index contributed by atoms with van der Waals surface area (Å²) in [6.07, 6.45) is 1.67. The molecule has 0 bridgehead atoms. The van der Waals surface area contributed by atoms with Crippen LogP contribution in [0.2, 0.25) is 0 Å². The van der Waals surface area contributed by atoms with Crippen molar-refractivity contribution in [3.63, 3.8) is 0 Å². The lowest BCUT2D eigenvalue weighted by Crippen LogP contribution is -2.35. The zero-order chi connectivity index (χ0) is 23.7. The van der Waals surface area contributed by atoms with E-state index in [0.717, 1.165) is 16.7 Å². The van der Waals surface area contributed by atoms with Crippen molar-refractivity contribution in [2.45, 2.75) is 20.0 Å². The van der Waals surface area contributed by atoms with E-state index in [1.165, 1.54) is 10.5 Å². The molecule has 3 aromatic heterocycles. The molecule has 2 aromatic carbocycles. The van der Waals surface area contributed by atoms with Crippen molar-refractivity contribution in [1.29, 1.82) is 5.41 Å². The van der Waals surface area contributed by atoms with Crippen molar-refractivity contribution in [3.05, 3.63) is 123 Å². The molecule has 0 fully saturated rings. The maximum atomic E-state index is 13.4. The summed E-state index contributed by atoms with van der Waals surface area (Å²) in [6, 6.07) is 24.4. The van der Waals surface area contributed by atoms with Crippen molar-refractivity contribution in [2.24, 2.45) is 0 Å². The number of benzene rings is 2. The second-order valence-corrected chi connectivity index (χ2v) is 8.19. The maximum absolute atomic E-state index is 13.4. The average Bonchev–Trinajstić information content (AvgIpc) is 2.86. The molecule has 2 N–H and O–H groups in total. The smallest absolute Gasteiger partial charge is 0.267 e. The summed E-state index contributed by atoms with van der Waals surface area (Å²) in [5.41, 5.74) is 3.51. The highest BCUT2D eigenvalue weighted by atomic mass is 16.1. The number of nitrogens with zero attached hydrogens (tertiary/aromatic N) is 3. The number of carbonyl (C=O) groups is 1. The van der Waals surface area contributed by atoms with Crippen molar-refractivity contribution in [2.75, 3.05) is 0 Å². The van der Waals surface area contributed by atoms with E-state index >= 15 is 0 Å². The van der Waals surface area contributed by atoms with Gasteiger partial charge in [0.15, 0.2) is 0 Å². The Bertz CT molecular complexity index is 1640. The Kier molecular flexibility index (Phi) is 5.51. The number of rotatable bonds is 5. The number of aromatic nitrogens is 3. The molecule has 0 spiro atoms. The highest BCUT2D eigenvalue weighted by Crippen LogP contribution is 2.14. The molecule has 0 aliphatic rings. The number of nitrogens with one attached hydrogen (secondary N) is 2. The van der Waals surface area contributed by atoms with Crippen LogP contribution >= 0.6 is 0 Å². The summed E-state index contributed by atoms with van der Waals surface area (Å²) in [4.78, 5) is 31.3. The predicted octanol–water partition coefficient (Wildman–Crippen LogP) is 3.42. The first kappa shape index (κ1) is 21.3. The van der Waals surface area contributed by atoms with E-state index in [-0.39, 0.29) is 16.6 Å². The Morgan fingerprint density at radius 2 is 1.62 bits per heavy atom. The fourth-order valence-corrected chi connectivity index (χ4v) is 4.06. The molecule has 3 heterocycles. The second-order valence-electron chi connectivity index (χ2n) is 8.19. The van der Waals surface area contributed by atoms with Gasteiger partial charge in [0.2, 0.25) is 0 Å². The fraction of sp³-hybridized carbons (Fsp3) is 0.111. The number of hydrogen-bond acceptors (Lipinski definition) is 4. The van der Waals surface area contributed by atoms with E-state index in [4.69, 9.17) is 10.4 Å². The van der Waals surface area contributed by atoms with Gasteiger partial charge in [0.25, 0.3) is 11.5 Å². The molecular formula is C27H23N5O2. The van der Waals surface area contributed by atoms with Crippen LogP contribution in [0.4, 0.5) is 0 Å². The van der Waals surface area contributed by atoms with Gasteiger partial charge >= 0.3 is 0 Å². The van der Waals surface area contributed by atoms with Gasteiger partial charge in [-0.05, 0) is 35.7 Å². The molecule has 0 aliphatic heterocycles. The maximum Gasteiger partial charge on any atom is 0.267 e. The quantitative estimate of drug-likeness (QED) is 0.403. The van der Waals surface area contributed by atoms with E-state index < -0.39 is 5.91 Å². The first-order valence-electron chi connectivity index (χ1n) is 11.0. The van der Waals surface area contributed by atoms with Crippen LogP contribution in [0.25, 0.3) is 16.7 Å². The Hall–Kier alpha value is -4.52. The molecule has 0 unspecified atom stereocenters. The van der Waals surface area contributed by atoms with Crippen molar-refractivity contribution in [3.8, 4) is 0 Å². The standard InChI is InChI=1S/C27H23N5O2/c1-18-9-8-14-31-24(18)30-25-22(27(31)34)15-21(26(33)29-16-19-10-4-2-5-11-19)23(28)32(25)17-20-12-6-3-7-13-20/h2-15,28H,16-17H2,1H3,(H,29,33). The van der Waals surface area contributed by atoms with Crippen LogP contribution in [-0.4, -0.2) is 19.9 Å². The third-order valence-electron chi connectivity index (χ3n) is 5.86. The number of hydrogen-bond donors (Lipinski definition) is 2. The third kappa shape index (κ3) is 3.88. The van der Waals surface area contributed by atoms with Crippen LogP contribution < -0.4 is 16.4 Å². The minimum absolute atomic E-state index is 0.00625. The van der Waals surface area contributed by atoms with Gasteiger partial charge in [0.05, 0.1) is 17.5 Å². The number of fused-ring (bicyclic) bond motifs is 2. The minimum atomic E-state index is -0.411. The lowest BCUT2D eigenvalue weighted by molar-refractivity contribution is 0.0948. The van der Waals surface area contributed by atoms with E-state index in [2.05, 4.69) is 5.32 Å². The second kappa shape index (κ2) is 8.78. The summed E-state index contributed by atoms with van der Waals surface area (Å²) < 4.78 is 3.12. The van der Waals surface area contributed by atoms with Crippen LogP contribution in [0.3, 0.4) is 0 Å². The molecule has 1 amide bonds. The van der Waals surface area contributed by atoms with Crippen LogP contribution in [0.1, 0.15) is 27.0 Å².